The molecule has 0 atom stereocenters. The molecule has 1 aromatic carbocycles. The first kappa shape index (κ1) is 16.0. The fourth-order valence-electron chi connectivity index (χ4n) is 1.38. The third kappa shape index (κ3) is 5.27. The first-order valence-corrected chi connectivity index (χ1v) is 6.76. The van der Waals surface area contributed by atoms with Crippen molar-refractivity contribution in [1.82, 2.24) is 16.2 Å². The summed E-state index contributed by atoms with van der Waals surface area (Å²) >= 11 is 4.97. The molecular formula is C14H19N3O2S. The van der Waals surface area contributed by atoms with Gasteiger partial charge in [0.05, 0.1) is 12.2 Å². The fraction of sp³-hybridized carbons (Fsp3) is 0.286. The lowest BCUT2D eigenvalue weighted by atomic mass is 10.2. The van der Waals surface area contributed by atoms with Crippen molar-refractivity contribution in [2.24, 2.45) is 0 Å². The van der Waals surface area contributed by atoms with E-state index in [1.54, 1.807) is 24.3 Å². The number of carbonyl (C=O) groups is 1. The van der Waals surface area contributed by atoms with Crippen LogP contribution in [0.25, 0.3) is 0 Å². The summed E-state index contributed by atoms with van der Waals surface area (Å²) in [5.41, 5.74) is 5.59. The van der Waals surface area contributed by atoms with Gasteiger partial charge in [0.15, 0.2) is 5.11 Å². The van der Waals surface area contributed by atoms with Gasteiger partial charge in [-0.2, -0.15) is 0 Å². The van der Waals surface area contributed by atoms with Gasteiger partial charge in [0.2, 0.25) is 0 Å². The largest absolute Gasteiger partial charge is 0.493 e. The number of nitrogens with one attached hydrogen (secondary N) is 3. The molecule has 1 rings (SSSR count). The van der Waals surface area contributed by atoms with E-state index in [2.05, 4.69) is 22.7 Å². The van der Waals surface area contributed by atoms with Gasteiger partial charge in [-0.25, -0.2) is 0 Å². The van der Waals surface area contributed by atoms with Gasteiger partial charge in [0.25, 0.3) is 5.91 Å². The number of carbonyl (C=O) groups excluding carboxylic acids is 1. The van der Waals surface area contributed by atoms with Gasteiger partial charge in [-0.1, -0.05) is 25.1 Å². The molecule has 108 valence electrons. The number of ether oxygens (including phenoxy) is 1. The molecule has 0 aliphatic heterocycles. The molecule has 0 fully saturated rings. The van der Waals surface area contributed by atoms with E-state index in [4.69, 9.17) is 17.0 Å². The van der Waals surface area contributed by atoms with E-state index in [9.17, 15) is 4.79 Å². The van der Waals surface area contributed by atoms with Gasteiger partial charge in [-0.15, -0.1) is 6.58 Å². The molecule has 3 N–H and O–H groups in total. The van der Waals surface area contributed by atoms with Gasteiger partial charge in [0.1, 0.15) is 5.75 Å². The summed E-state index contributed by atoms with van der Waals surface area (Å²) in [5.74, 6) is 0.248. The van der Waals surface area contributed by atoms with Crippen LogP contribution in [0.15, 0.2) is 36.9 Å². The third-order valence-corrected chi connectivity index (χ3v) is 2.54. The second-order valence-electron chi connectivity index (χ2n) is 3.92. The molecule has 0 aliphatic carbocycles. The van der Waals surface area contributed by atoms with E-state index in [0.29, 0.717) is 29.6 Å². The first-order valence-electron chi connectivity index (χ1n) is 6.36. The summed E-state index contributed by atoms with van der Waals surface area (Å²) in [6.45, 7) is 6.66. The van der Waals surface area contributed by atoms with Gasteiger partial charge in [0, 0.05) is 6.54 Å². The molecule has 0 bridgehead atoms. The Bertz CT molecular complexity index is 477. The monoisotopic (exact) mass is 293 g/mol. The van der Waals surface area contributed by atoms with Gasteiger partial charge < -0.3 is 10.1 Å². The predicted molar refractivity (Wildman–Crippen MR) is 83.6 cm³/mol. The Morgan fingerprint density at radius 1 is 1.40 bits per heavy atom. The maximum atomic E-state index is 12.0. The number of hydrogen-bond donors (Lipinski definition) is 3. The van der Waals surface area contributed by atoms with Crippen LogP contribution < -0.4 is 20.9 Å². The van der Waals surface area contributed by atoms with E-state index >= 15 is 0 Å². The highest BCUT2D eigenvalue weighted by atomic mass is 32.1. The van der Waals surface area contributed by atoms with E-state index in [1.807, 2.05) is 13.0 Å². The number of thiocarbonyl (C=S) groups is 1. The Kier molecular flexibility index (Phi) is 7.13. The van der Waals surface area contributed by atoms with Crippen molar-refractivity contribution in [2.45, 2.75) is 13.3 Å². The highest BCUT2D eigenvalue weighted by Gasteiger charge is 2.11. The zero-order valence-corrected chi connectivity index (χ0v) is 12.3. The van der Waals surface area contributed by atoms with Crippen molar-refractivity contribution in [3.8, 4) is 5.75 Å². The average molecular weight is 293 g/mol. The van der Waals surface area contributed by atoms with Gasteiger partial charge >= 0.3 is 0 Å². The molecule has 0 spiro atoms. The molecule has 0 radical (unpaired) electrons. The fourth-order valence-corrected chi connectivity index (χ4v) is 1.52. The van der Waals surface area contributed by atoms with Crippen molar-refractivity contribution >= 4 is 23.2 Å². The summed E-state index contributed by atoms with van der Waals surface area (Å²) in [6.07, 6.45) is 2.55. The lowest BCUT2D eigenvalue weighted by Gasteiger charge is -2.13. The van der Waals surface area contributed by atoms with Crippen LogP contribution in [-0.2, 0) is 0 Å². The minimum absolute atomic E-state index is 0.306. The summed E-state index contributed by atoms with van der Waals surface area (Å²) in [4.78, 5) is 12.0. The van der Waals surface area contributed by atoms with Crippen LogP contribution in [-0.4, -0.2) is 24.2 Å². The zero-order chi connectivity index (χ0) is 14.8. The minimum atomic E-state index is -0.306. The Labute approximate surface area is 124 Å². The third-order valence-electron chi connectivity index (χ3n) is 2.29. The van der Waals surface area contributed by atoms with Crippen LogP contribution >= 0.6 is 12.2 Å². The second kappa shape index (κ2) is 8.92. The van der Waals surface area contributed by atoms with Crippen LogP contribution in [0.3, 0.4) is 0 Å². The van der Waals surface area contributed by atoms with Crippen LogP contribution in [0.2, 0.25) is 0 Å². The molecule has 5 nitrogen and oxygen atoms in total. The number of benzene rings is 1. The van der Waals surface area contributed by atoms with Crippen LogP contribution in [0.5, 0.6) is 5.75 Å². The molecule has 1 aromatic rings. The lowest BCUT2D eigenvalue weighted by molar-refractivity contribution is 0.0939. The standard InChI is InChI=1S/C14H19N3O2S/c1-3-9-15-14(20)17-16-13(18)11-7-5-6-8-12(11)19-10-4-2/h3,5-8H,1,4,9-10H2,2H3,(H,16,18)(H2,15,17,20). The summed E-state index contributed by atoms with van der Waals surface area (Å²) < 4.78 is 5.53. The highest BCUT2D eigenvalue weighted by molar-refractivity contribution is 7.80. The molecule has 0 saturated carbocycles. The normalized spacial score (nSPS) is 9.45. The summed E-state index contributed by atoms with van der Waals surface area (Å²) in [7, 11) is 0. The smallest absolute Gasteiger partial charge is 0.273 e. The average Bonchev–Trinajstić information content (AvgIpc) is 2.48. The van der Waals surface area contributed by atoms with Crippen molar-refractivity contribution in [1.29, 1.82) is 0 Å². The Hall–Kier alpha value is -2.08. The highest BCUT2D eigenvalue weighted by Crippen LogP contribution is 2.17. The molecule has 0 heterocycles. The van der Waals surface area contributed by atoms with Crippen LogP contribution in [0.4, 0.5) is 0 Å². The predicted octanol–water partition coefficient (Wildman–Crippen LogP) is 1.77. The first-order chi connectivity index (χ1) is 9.69. The van der Waals surface area contributed by atoms with Crippen LogP contribution in [0.1, 0.15) is 23.7 Å². The topological polar surface area (TPSA) is 62.4 Å². The second-order valence-corrected chi connectivity index (χ2v) is 4.33. The molecule has 0 aliphatic rings. The Morgan fingerprint density at radius 3 is 2.85 bits per heavy atom. The van der Waals surface area contributed by atoms with E-state index < -0.39 is 0 Å². The van der Waals surface area contributed by atoms with Crippen molar-refractivity contribution in [3.63, 3.8) is 0 Å². The molecule has 0 unspecified atom stereocenters. The Balaban J connectivity index is 2.58. The number of amides is 1. The van der Waals surface area contributed by atoms with Crippen molar-refractivity contribution < 1.29 is 9.53 Å². The number of rotatable bonds is 6. The zero-order valence-electron chi connectivity index (χ0n) is 11.4. The summed E-state index contributed by atoms with van der Waals surface area (Å²) in [5, 5.41) is 3.17. The minimum Gasteiger partial charge on any atom is -0.493 e. The summed E-state index contributed by atoms with van der Waals surface area (Å²) in [6, 6.07) is 7.06. The SMILES string of the molecule is C=CCNC(=S)NNC(=O)c1ccccc1OCCC. The number of para-hydroxylation sites is 1. The van der Waals surface area contributed by atoms with E-state index in [1.165, 1.54) is 0 Å². The Morgan fingerprint density at radius 2 is 2.15 bits per heavy atom. The van der Waals surface area contributed by atoms with E-state index in [0.717, 1.165) is 6.42 Å². The van der Waals surface area contributed by atoms with Gasteiger partial charge in [-0.3, -0.25) is 15.6 Å². The molecule has 1 amide bonds. The maximum Gasteiger partial charge on any atom is 0.273 e. The molecule has 0 aromatic heterocycles. The van der Waals surface area contributed by atoms with E-state index in [-0.39, 0.29) is 5.91 Å². The van der Waals surface area contributed by atoms with Crippen molar-refractivity contribution in [3.05, 3.63) is 42.5 Å². The molecule has 20 heavy (non-hydrogen) atoms. The number of hydrogen-bond acceptors (Lipinski definition) is 3. The van der Waals surface area contributed by atoms with Crippen molar-refractivity contribution in [2.75, 3.05) is 13.2 Å². The molecule has 6 heteroatoms. The number of hydrazine groups is 1. The molecule has 0 saturated heterocycles. The lowest BCUT2D eigenvalue weighted by Crippen LogP contribution is -2.46. The van der Waals surface area contributed by atoms with Gasteiger partial charge in [-0.05, 0) is 30.8 Å². The molecular weight excluding hydrogens is 274 g/mol. The maximum absolute atomic E-state index is 12.0. The van der Waals surface area contributed by atoms with Crippen LogP contribution in [0, 0.1) is 0 Å². The quantitative estimate of drug-likeness (QED) is 0.424.